The minimum atomic E-state index is -0.487. The summed E-state index contributed by atoms with van der Waals surface area (Å²) in [6, 6.07) is 0.0843. The average Bonchev–Trinajstić information content (AvgIpc) is 2.35. The topological polar surface area (TPSA) is 70.7 Å². The predicted molar refractivity (Wildman–Crippen MR) is 91.3 cm³/mol. The van der Waals surface area contributed by atoms with Gasteiger partial charge in [0.25, 0.3) is 0 Å². The molecule has 0 saturated carbocycles. The molecule has 134 valence electrons. The lowest BCUT2D eigenvalue weighted by molar-refractivity contribution is -0.121. The number of hydrogen-bond donors (Lipinski definition) is 2. The van der Waals surface area contributed by atoms with Gasteiger partial charge in [-0.05, 0) is 60.8 Å². The molecule has 23 heavy (non-hydrogen) atoms. The van der Waals surface area contributed by atoms with Crippen molar-refractivity contribution in [3.63, 3.8) is 0 Å². The second kappa shape index (κ2) is 7.99. The molecule has 0 aromatic rings. The van der Waals surface area contributed by atoms with E-state index in [1.807, 2.05) is 41.5 Å². The molecule has 1 atom stereocenters. The highest BCUT2D eigenvalue weighted by Gasteiger charge is 2.30. The Kier molecular flexibility index (Phi) is 6.86. The van der Waals surface area contributed by atoms with Gasteiger partial charge in [0, 0.05) is 24.7 Å². The van der Waals surface area contributed by atoms with E-state index in [9.17, 15) is 9.59 Å². The third-order valence-electron chi connectivity index (χ3n) is 3.44. The highest BCUT2D eigenvalue weighted by atomic mass is 16.6. The van der Waals surface area contributed by atoms with Gasteiger partial charge in [0.2, 0.25) is 5.91 Å². The molecule has 1 aliphatic rings. The SMILES string of the molecule is CC(C)(C)NC(=O)CNCC1CCCCN1C(=O)OC(C)(C)C. The van der Waals surface area contributed by atoms with Crippen LogP contribution in [0, 0.1) is 0 Å². The summed E-state index contributed by atoms with van der Waals surface area (Å²) in [7, 11) is 0. The average molecular weight is 327 g/mol. The zero-order valence-corrected chi connectivity index (χ0v) is 15.5. The molecule has 0 spiro atoms. The van der Waals surface area contributed by atoms with Gasteiger partial charge in [-0.15, -0.1) is 0 Å². The van der Waals surface area contributed by atoms with E-state index in [0.29, 0.717) is 6.54 Å². The van der Waals surface area contributed by atoms with Gasteiger partial charge in [0.05, 0.1) is 6.54 Å². The van der Waals surface area contributed by atoms with E-state index in [0.717, 1.165) is 25.8 Å². The zero-order valence-electron chi connectivity index (χ0n) is 15.5. The van der Waals surface area contributed by atoms with Gasteiger partial charge < -0.3 is 20.3 Å². The van der Waals surface area contributed by atoms with Crippen LogP contribution in [-0.4, -0.2) is 53.7 Å². The number of rotatable bonds is 4. The fourth-order valence-electron chi connectivity index (χ4n) is 2.59. The summed E-state index contributed by atoms with van der Waals surface area (Å²) in [6.07, 6.45) is 2.77. The van der Waals surface area contributed by atoms with Crippen LogP contribution in [0.3, 0.4) is 0 Å². The molecule has 1 saturated heterocycles. The summed E-state index contributed by atoms with van der Waals surface area (Å²) in [5.74, 6) is -0.0304. The Hall–Kier alpha value is -1.30. The molecule has 6 nitrogen and oxygen atoms in total. The van der Waals surface area contributed by atoms with Gasteiger partial charge >= 0.3 is 6.09 Å². The number of ether oxygens (including phenoxy) is 1. The Morgan fingerprint density at radius 3 is 2.35 bits per heavy atom. The highest BCUT2D eigenvalue weighted by Crippen LogP contribution is 2.20. The number of piperidine rings is 1. The molecule has 1 unspecified atom stereocenters. The first-order valence-corrected chi connectivity index (χ1v) is 8.49. The van der Waals surface area contributed by atoms with E-state index in [1.165, 1.54) is 0 Å². The second-order valence-corrected chi connectivity index (χ2v) is 8.25. The third-order valence-corrected chi connectivity index (χ3v) is 3.44. The van der Waals surface area contributed by atoms with Gasteiger partial charge in [-0.3, -0.25) is 4.79 Å². The summed E-state index contributed by atoms with van der Waals surface area (Å²) in [4.78, 5) is 25.9. The van der Waals surface area contributed by atoms with Crippen LogP contribution in [0.25, 0.3) is 0 Å². The van der Waals surface area contributed by atoms with Gasteiger partial charge in [0.1, 0.15) is 5.60 Å². The van der Waals surface area contributed by atoms with Crippen LogP contribution in [0.1, 0.15) is 60.8 Å². The number of carbonyl (C=O) groups excluding carboxylic acids is 2. The van der Waals surface area contributed by atoms with Crippen LogP contribution in [0.2, 0.25) is 0 Å². The Morgan fingerprint density at radius 1 is 1.13 bits per heavy atom. The molecule has 2 amide bonds. The van der Waals surface area contributed by atoms with Crippen molar-refractivity contribution < 1.29 is 14.3 Å². The predicted octanol–water partition coefficient (Wildman–Crippen LogP) is 2.28. The first-order chi connectivity index (χ1) is 10.5. The number of nitrogens with zero attached hydrogens (tertiary/aromatic N) is 1. The summed E-state index contributed by atoms with van der Waals surface area (Å²) in [5.41, 5.74) is -0.717. The lowest BCUT2D eigenvalue weighted by Gasteiger charge is -2.37. The Bertz CT molecular complexity index is 410. The molecule has 2 N–H and O–H groups in total. The van der Waals surface area contributed by atoms with Crippen LogP contribution in [-0.2, 0) is 9.53 Å². The van der Waals surface area contributed by atoms with Crippen molar-refractivity contribution in [2.75, 3.05) is 19.6 Å². The largest absolute Gasteiger partial charge is 0.444 e. The van der Waals surface area contributed by atoms with E-state index in [1.54, 1.807) is 4.90 Å². The lowest BCUT2D eigenvalue weighted by Crippen LogP contribution is -2.51. The molecule has 0 bridgehead atoms. The molecule has 0 radical (unpaired) electrons. The van der Waals surface area contributed by atoms with E-state index in [2.05, 4.69) is 10.6 Å². The van der Waals surface area contributed by atoms with Crippen LogP contribution in [0.4, 0.5) is 4.79 Å². The fourth-order valence-corrected chi connectivity index (χ4v) is 2.59. The van der Waals surface area contributed by atoms with Crippen molar-refractivity contribution >= 4 is 12.0 Å². The fraction of sp³-hybridized carbons (Fsp3) is 0.882. The van der Waals surface area contributed by atoms with Crippen LogP contribution in [0.15, 0.2) is 0 Å². The molecule has 1 heterocycles. The maximum Gasteiger partial charge on any atom is 0.410 e. The quantitative estimate of drug-likeness (QED) is 0.831. The van der Waals surface area contributed by atoms with Gasteiger partial charge in [-0.1, -0.05) is 0 Å². The van der Waals surface area contributed by atoms with Gasteiger partial charge in [-0.2, -0.15) is 0 Å². The molecular weight excluding hydrogens is 294 g/mol. The first kappa shape index (κ1) is 19.7. The first-order valence-electron chi connectivity index (χ1n) is 8.49. The summed E-state index contributed by atoms with van der Waals surface area (Å²) >= 11 is 0. The van der Waals surface area contributed by atoms with Crippen LogP contribution in [0.5, 0.6) is 0 Å². The van der Waals surface area contributed by atoms with Crippen molar-refractivity contribution in [3.05, 3.63) is 0 Å². The van der Waals surface area contributed by atoms with Crippen molar-refractivity contribution in [1.82, 2.24) is 15.5 Å². The van der Waals surface area contributed by atoms with Gasteiger partial charge in [-0.25, -0.2) is 4.79 Å². The normalized spacial score (nSPS) is 19.4. The maximum absolute atomic E-state index is 12.3. The highest BCUT2D eigenvalue weighted by molar-refractivity contribution is 5.78. The van der Waals surface area contributed by atoms with E-state index in [-0.39, 0.29) is 30.1 Å². The number of hydrogen-bond acceptors (Lipinski definition) is 4. The van der Waals surface area contributed by atoms with E-state index >= 15 is 0 Å². The zero-order chi connectivity index (χ0) is 17.7. The summed E-state index contributed by atoms with van der Waals surface area (Å²) in [6.45, 7) is 13.1. The lowest BCUT2D eigenvalue weighted by atomic mass is 10.0. The van der Waals surface area contributed by atoms with Gasteiger partial charge in [0.15, 0.2) is 0 Å². The van der Waals surface area contributed by atoms with Crippen LogP contribution < -0.4 is 10.6 Å². The second-order valence-electron chi connectivity index (χ2n) is 8.25. The Balaban J connectivity index is 2.46. The molecule has 1 aliphatic heterocycles. The van der Waals surface area contributed by atoms with E-state index in [4.69, 9.17) is 4.74 Å². The third kappa shape index (κ3) is 8.21. The smallest absolute Gasteiger partial charge is 0.410 e. The summed E-state index contributed by atoms with van der Waals surface area (Å²) < 4.78 is 5.48. The molecule has 0 aromatic heterocycles. The number of nitrogens with one attached hydrogen (secondary N) is 2. The molecule has 0 aromatic carbocycles. The Morgan fingerprint density at radius 2 is 1.78 bits per heavy atom. The van der Waals surface area contributed by atoms with Crippen molar-refractivity contribution in [1.29, 1.82) is 0 Å². The molecular formula is C17H33N3O3. The van der Waals surface area contributed by atoms with E-state index < -0.39 is 5.60 Å². The molecule has 6 heteroatoms. The van der Waals surface area contributed by atoms with Crippen molar-refractivity contribution in [3.8, 4) is 0 Å². The number of likely N-dealkylation sites (tertiary alicyclic amines) is 1. The van der Waals surface area contributed by atoms with Crippen molar-refractivity contribution in [2.24, 2.45) is 0 Å². The summed E-state index contributed by atoms with van der Waals surface area (Å²) in [5, 5.41) is 6.08. The standard InChI is InChI=1S/C17H33N3O3/c1-16(2,3)19-14(21)12-18-11-13-9-7-8-10-20(13)15(22)23-17(4,5)6/h13,18H,7-12H2,1-6H3,(H,19,21). The minimum Gasteiger partial charge on any atom is -0.444 e. The maximum atomic E-state index is 12.3. The molecule has 0 aliphatic carbocycles. The van der Waals surface area contributed by atoms with Crippen LogP contribution >= 0.6 is 0 Å². The monoisotopic (exact) mass is 327 g/mol. The Labute approximate surface area is 140 Å². The molecule has 1 rings (SSSR count). The minimum absolute atomic E-state index is 0.0304. The number of carbonyl (C=O) groups is 2. The van der Waals surface area contributed by atoms with Crippen molar-refractivity contribution in [2.45, 2.75) is 78.0 Å². The molecule has 1 fully saturated rings. The number of amides is 2.